The minimum atomic E-state index is 0.194. The molecule has 5 aromatic carbocycles. The average Bonchev–Trinajstić information content (AvgIpc) is 3.72. The highest BCUT2D eigenvalue weighted by Gasteiger charge is 2.48. The molecule has 2 aliphatic carbocycles. The predicted octanol–water partition coefficient (Wildman–Crippen LogP) is 8.16. The molecule has 3 nitrogen and oxygen atoms in total. The van der Waals surface area contributed by atoms with Crippen LogP contribution >= 0.6 is 0 Å². The van der Waals surface area contributed by atoms with Crippen LogP contribution in [-0.2, 0) is 11.8 Å². The molecule has 0 radical (unpaired) electrons. The van der Waals surface area contributed by atoms with Crippen LogP contribution in [0.25, 0.3) is 66.2 Å². The van der Waals surface area contributed by atoms with Crippen molar-refractivity contribution in [2.45, 2.75) is 65.7 Å². The second-order valence-electron chi connectivity index (χ2n) is 16.0. The molecule has 12 rings (SSSR count). The number of nitrogens with zero attached hydrogens (tertiary/aromatic N) is 3. The van der Waals surface area contributed by atoms with Gasteiger partial charge in [0.05, 0.1) is 22.1 Å². The van der Waals surface area contributed by atoms with E-state index in [0.29, 0.717) is 0 Å². The van der Waals surface area contributed by atoms with Gasteiger partial charge < -0.3 is 4.40 Å². The molecule has 1 fully saturated rings. The number of aromatic nitrogens is 3. The van der Waals surface area contributed by atoms with Gasteiger partial charge in [0.15, 0.2) is 0 Å². The van der Waals surface area contributed by atoms with Gasteiger partial charge in [-0.25, -0.2) is 4.98 Å². The summed E-state index contributed by atoms with van der Waals surface area (Å²) in [5, 5.41) is 5.60. The van der Waals surface area contributed by atoms with Crippen molar-refractivity contribution < 1.29 is 0 Å². The molecule has 226 valence electrons. The first-order valence-electron chi connectivity index (χ1n) is 17.7. The second-order valence-corrected chi connectivity index (χ2v) is 16.0. The van der Waals surface area contributed by atoms with Gasteiger partial charge in [0.25, 0.3) is 6.71 Å². The van der Waals surface area contributed by atoms with E-state index in [9.17, 15) is 0 Å². The number of para-hydroxylation sites is 2. The third-order valence-electron chi connectivity index (χ3n) is 13.6. The minimum Gasteiger partial charge on any atom is -0.309 e. The topological polar surface area (TPSA) is 22.2 Å². The Morgan fingerprint density at radius 1 is 0.809 bits per heavy atom. The molecule has 0 N–H and O–H groups in total. The molecule has 2 aliphatic heterocycles. The van der Waals surface area contributed by atoms with Crippen molar-refractivity contribution in [1.29, 1.82) is 0 Å². The van der Waals surface area contributed by atoms with Gasteiger partial charge in [0.2, 0.25) is 0 Å². The highest BCUT2D eigenvalue weighted by atomic mass is 15.1. The first kappa shape index (κ1) is 25.5. The SMILES string of the molecule is Cc1cccc(C)c1-c1nc2cc3c(c4c2n1-c1cc(C)c2c5cccc6c7cccc8c7n(c2c1B48)c65)CC1CC3(C)CCC1C. The number of fused-ring (bicyclic) bond motifs is 10. The third-order valence-corrected chi connectivity index (χ3v) is 13.6. The Kier molecular flexibility index (Phi) is 4.30. The fraction of sp³-hybridized carbons (Fsp3) is 0.279. The molecule has 4 heteroatoms. The van der Waals surface area contributed by atoms with Crippen molar-refractivity contribution >= 4 is 72.2 Å². The van der Waals surface area contributed by atoms with Crippen LogP contribution in [0.1, 0.15) is 60.9 Å². The Hall–Kier alpha value is -4.57. The van der Waals surface area contributed by atoms with Gasteiger partial charge in [-0.1, -0.05) is 68.4 Å². The lowest BCUT2D eigenvalue weighted by atomic mass is 9.33. The van der Waals surface area contributed by atoms with E-state index in [2.05, 4.69) is 110 Å². The van der Waals surface area contributed by atoms with E-state index in [1.165, 1.54) is 114 Å². The van der Waals surface area contributed by atoms with Gasteiger partial charge in [0, 0.05) is 38.3 Å². The summed E-state index contributed by atoms with van der Waals surface area (Å²) in [6.07, 6.45) is 5.09. The van der Waals surface area contributed by atoms with Crippen molar-refractivity contribution in [1.82, 2.24) is 14.0 Å². The lowest BCUT2D eigenvalue weighted by molar-refractivity contribution is 0.155. The van der Waals surface area contributed by atoms with Gasteiger partial charge >= 0.3 is 0 Å². The standard InChI is InChI=1S/C43H36BN3/c1-21-15-16-43(5)20-25(21)18-29-30(43)19-32-40-36(29)44-31-14-8-12-27-26-11-7-13-28-35-24(4)17-33(37(44)41(35)47(38(26)28)39(27)31)46(40)42(45-32)34-22(2)9-6-10-23(34)3/h6-14,17,19,21,25H,15-16,18,20H2,1-5H3. The summed E-state index contributed by atoms with van der Waals surface area (Å²) >= 11 is 0. The summed E-state index contributed by atoms with van der Waals surface area (Å²) in [7, 11) is 0. The van der Waals surface area contributed by atoms with Crippen molar-refractivity contribution in [2.24, 2.45) is 11.8 Å². The summed E-state index contributed by atoms with van der Waals surface area (Å²) in [6.45, 7) is 12.1. The zero-order valence-electron chi connectivity index (χ0n) is 27.8. The van der Waals surface area contributed by atoms with Gasteiger partial charge in [-0.05, 0) is 120 Å². The van der Waals surface area contributed by atoms with Gasteiger partial charge in [-0.2, -0.15) is 0 Å². The van der Waals surface area contributed by atoms with Crippen molar-refractivity contribution in [3.63, 3.8) is 0 Å². The fourth-order valence-corrected chi connectivity index (χ4v) is 11.5. The third kappa shape index (κ3) is 2.70. The summed E-state index contributed by atoms with van der Waals surface area (Å²) < 4.78 is 5.28. The predicted molar refractivity (Wildman–Crippen MR) is 198 cm³/mol. The van der Waals surface area contributed by atoms with Gasteiger partial charge in [-0.15, -0.1) is 0 Å². The van der Waals surface area contributed by atoms with Crippen LogP contribution < -0.4 is 16.4 Å². The number of imidazole rings is 1. The summed E-state index contributed by atoms with van der Waals surface area (Å²) in [4.78, 5) is 5.69. The minimum absolute atomic E-state index is 0.194. The van der Waals surface area contributed by atoms with Crippen molar-refractivity contribution in [3.8, 4) is 17.1 Å². The number of rotatable bonds is 1. The molecule has 8 aromatic rings. The van der Waals surface area contributed by atoms with E-state index in [1.54, 1.807) is 16.6 Å². The number of benzene rings is 5. The van der Waals surface area contributed by atoms with E-state index in [0.717, 1.165) is 17.7 Å². The number of aryl methyl sites for hydroxylation is 3. The maximum atomic E-state index is 5.69. The van der Waals surface area contributed by atoms with Gasteiger partial charge in [-0.3, -0.25) is 4.57 Å². The maximum Gasteiger partial charge on any atom is 0.252 e. The van der Waals surface area contributed by atoms with Crippen LogP contribution in [0.3, 0.4) is 0 Å². The van der Waals surface area contributed by atoms with Crippen LogP contribution in [0.5, 0.6) is 0 Å². The molecule has 2 bridgehead atoms. The highest BCUT2D eigenvalue weighted by Crippen LogP contribution is 2.52. The zero-order chi connectivity index (χ0) is 31.2. The van der Waals surface area contributed by atoms with E-state index < -0.39 is 0 Å². The van der Waals surface area contributed by atoms with E-state index in [1.807, 2.05) is 0 Å². The van der Waals surface area contributed by atoms with Crippen LogP contribution in [0.2, 0.25) is 0 Å². The van der Waals surface area contributed by atoms with E-state index in [-0.39, 0.29) is 12.1 Å². The smallest absolute Gasteiger partial charge is 0.252 e. The zero-order valence-corrected chi connectivity index (χ0v) is 27.8. The van der Waals surface area contributed by atoms with Crippen LogP contribution in [0, 0.1) is 32.6 Å². The Balaban J connectivity index is 1.35. The van der Waals surface area contributed by atoms with Crippen LogP contribution in [-0.4, -0.2) is 20.7 Å². The highest BCUT2D eigenvalue weighted by molar-refractivity contribution is 7.01. The molecular weight excluding hydrogens is 569 g/mol. The first-order valence-corrected chi connectivity index (χ1v) is 17.7. The Labute approximate surface area is 274 Å². The lowest BCUT2D eigenvalue weighted by Gasteiger charge is -2.48. The molecule has 47 heavy (non-hydrogen) atoms. The molecule has 4 aliphatic rings. The summed E-state index contributed by atoms with van der Waals surface area (Å²) in [5.41, 5.74) is 21.3. The van der Waals surface area contributed by atoms with Gasteiger partial charge in [0.1, 0.15) is 5.82 Å². The number of hydrogen-bond donors (Lipinski definition) is 0. The second kappa shape index (κ2) is 7.93. The molecule has 3 aromatic heterocycles. The van der Waals surface area contributed by atoms with Crippen LogP contribution in [0.15, 0.2) is 66.7 Å². The fourth-order valence-electron chi connectivity index (χ4n) is 11.5. The van der Waals surface area contributed by atoms with E-state index in [4.69, 9.17) is 4.98 Å². The average molecular weight is 606 g/mol. The first-order chi connectivity index (χ1) is 22.8. The molecule has 3 atom stereocenters. The quantitative estimate of drug-likeness (QED) is 0.173. The Morgan fingerprint density at radius 3 is 2.38 bits per heavy atom. The van der Waals surface area contributed by atoms with Crippen LogP contribution in [0.4, 0.5) is 0 Å². The largest absolute Gasteiger partial charge is 0.309 e. The molecule has 0 saturated heterocycles. The molecule has 5 heterocycles. The molecule has 3 unspecified atom stereocenters. The molecule has 1 saturated carbocycles. The lowest BCUT2D eigenvalue weighted by Crippen LogP contribution is -2.60. The van der Waals surface area contributed by atoms with Crippen molar-refractivity contribution in [2.75, 3.05) is 0 Å². The monoisotopic (exact) mass is 605 g/mol. The number of hydrogen-bond acceptors (Lipinski definition) is 1. The maximum absolute atomic E-state index is 5.69. The molecule has 0 amide bonds. The van der Waals surface area contributed by atoms with E-state index >= 15 is 0 Å². The molecule has 0 spiro atoms. The normalized spacial score (nSPS) is 22.3. The summed E-state index contributed by atoms with van der Waals surface area (Å²) in [5.74, 6) is 2.61. The Morgan fingerprint density at radius 2 is 1.55 bits per heavy atom. The Bertz CT molecular complexity index is 2760. The summed E-state index contributed by atoms with van der Waals surface area (Å²) in [6, 6.07) is 25.9. The molecular formula is C43H36BN3. The van der Waals surface area contributed by atoms with Crippen molar-refractivity contribution in [3.05, 3.63) is 94.5 Å².